The molecule has 2 aromatic heterocycles. The van der Waals surface area contributed by atoms with Gasteiger partial charge in [0, 0.05) is 28.5 Å². The first-order chi connectivity index (χ1) is 15.3. The van der Waals surface area contributed by atoms with Crippen LogP contribution >= 0.6 is 11.6 Å². The lowest BCUT2D eigenvalue weighted by Gasteiger charge is -2.16. The minimum atomic E-state index is -4.43. The summed E-state index contributed by atoms with van der Waals surface area (Å²) in [6.07, 6.45) is 0.486. The molecule has 0 aliphatic rings. The third-order valence-electron chi connectivity index (χ3n) is 5.14. The van der Waals surface area contributed by atoms with E-state index in [4.69, 9.17) is 17.3 Å². The summed E-state index contributed by atoms with van der Waals surface area (Å²) in [6, 6.07) is 13.0. The van der Waals surface area contributed by atoms with Crippen molar-refractivity contribution in [2.24, 2.45) is 0 Å². The number of benzene rings is 2. The molecule has 0 amide bonds. The van der Waals surface area contributed by atoms with E-state index in [1.807, 2.05) is 12.1 Å². The molecular weight excluding hydrogens is 441 g/mol. The average Bonchev–Trinajstić information content (AvgIpc) is 3.24. The maximum Gasteiger partial charge on any atom is 0.416 e. The van der Waals surface area contributed by atoms with Gasteiger partial charge in [-0.1, -0.05) is 35.9 Å². The fourth-order valence-corrected chi connectivity index (χ4v) is 3.65. The summed E-state index contributed by atoms with van der Waals surface area (Å²) in [5, 5.41) is 14.9. The maximum atomic E-state index is 12.9. The van der Waals surface area contributed by atoms with Crippen molar-refractivity contribution in [2.75, 3.05) is 12.3 Å². The molecule has 0 aliphatic heterocycles. The molecule has 2 heterocycles. The smallest absolute Gasteiger partial charge is 0.394 e. The van der Waals surface area contributed by atoms with E-state index in [1.54, 1.807) is 36.8 Å². The number of anilines is 1. The van der Waals surface area contributed by atoms with E-state index in [0.717, 1.165) is 28.8 Å². The van der Waals surface area contributed by atoms with Crippen LogP contribution in [0.5, 0.6) is 0 Å². The van der Waals surface area contributed by atoms with E-state index < -0.39 is 17.8 Å². The number of rotatable bonds is 5. The number of nitrogens with zero attached hydrogens (tertiary/aromatic N) is 3. The van der Waals surface area contributed by atoms with Crippen LogP contribution in [-0.2, 0) is 6.18 Å². The monoisotopic (exact) mass is 458 g/mol. The van der Waals surface area contributed by atoms with Crippen LogP contribution < -0.4 is 5.73 Å². The highest BCUT2D eigenvalue weighted by molar-refractivity contribution is 6.30. The van der Waals surface area contributed by atoms with E-state index in [-0.39, 0.29) is 6.61 Å². The molecule has 4 aromatic rings. The number of halogens is 4. The molecule has 164 valence electrons. The van der Waals surface area contributed by atoms with Crippen LogP contribution in [0.2, 0.25) is 5.02 Å². The molecule has 4 rings (SSSR count). The highest BCUT2D eigenvalue weighted by atomic mass is 35.5. The van der Waals surface area contributed by atoms with Gasteiger partial charge < -0.3 is 10.8 Å². The van der Waals surface area contributed by atoms with Gasteiger partial charge in [0.2, 0.25) is 0 Å². The van der Waals surface area contributed by atoms with Crippen molar-refractivity contribution < 1.29 is 18.3 Å². The van der Waals surface area contributed by atoms with E-state index in [9.17, 15) is 18.3 Å². The number of alkyl halides is 3. The van der Waals surface area contributed by atoms with Crippen LogP contribution in [0.25, 0.3) is 22.3 Å². The van der Waals surface area contributed by atoms with Crippen molar-refractivity contribution in [3.8, 4) is 22.3 Å². The van der Waals surface area contributed by atoms with Crippen LogP contribution in [0.15, 0.2) is 73.2 Å². The molecule has 0 bridgehead atoms. The third kappa shape index (κ3) is 4.32. The predicted molar refractivity (Wildman–Crippen MR) is 117 cm³/mol. The summed E-state index contributed by atoms with van der Waals surface area (Å²) in [5.41, 5.74) is 8.93. The van der Waals surface area contributed by atoms with Gasteiger partial charge in [-0.2, -0.15) is 18.3 Å². The van der Waals surface area contributed by atoms with Crippen molar-refractivity contribution in [3.63, 3.8) is 0 Å². The first-order valence-electron chi connectivity index (χ1n) is 9.61. The Morgan fingerprint density at radius 2 is 1.69 bits per heavy atom. The number of hydrogen-bond donors (Lipinski definition) is 2. The Morgan fingerprint density at radius 1 is 1.00 bits per heavy atom. The van der Waals surface area contributed by atoms with E-state index in [1.165, 1.54) is 16.8 Å². The minimum absolute atomic E-state index is 0.332. The van der Waals surface area contributed by atoms with Gasteiger partial charge in [0.05, 0.1) is 24.4 Å². The normalized spacial score (nSPS) is 12.7. The third-order valence-corrected chi connectivity index (χ3v) is 5.39. The zero-order valence-corrected chi connectivity index (χ0v) is 17.3. The topological polar surface area (TPSA) is 77.0 Å². The lowest BCUT2D eigenvalue weighted by atomic mass is 9.97. The summed E-state index contributed by atoms with van der Waals surface area (Å²) in [4.78, 5) is 4.18. The molecule has 0 spiro atoms. The lowest BCUT2D eigenvalue weighted by molar-refractivity contribution is -0.137. The summed E-state index contributed by atoms with van der Waals surface area (Å²) in [5.74, 6) is 0.332. The summed E-state index contributed by atoms with van der Waals surface area (Å²) in [7, 11) is 0. The van der Waals surface area contributed by atoms with Gasteiger partial charge in [-0.3, -0.25) is 4.68 Å². The summed E-state index contributed by atoms with van der Waals surface area (Å²) < 4.78 is 40.1. The van der Waals surface area contributed by atoms with E-state index in [2.05, 4.69) is 10.1 Å². The second kappa shape index (κ2) is 8.64. The number of aliphatic hydroxyl groups excluding tert-OH is 1. The molecule has 32 heavy (non-hydrogen) atoms. The Kier molecular flexibility index (Phi) is 5.90. The molecule has 3 N–H and O–H groups in total. The number of hydrogen-bond acceptors (Lipinski definition) is 4. The van der Waals surface area contributed by atoms with Crippen molar-refractivity contribution in [3.05, 3.63) is 89.3 Å². The maximum absolute atomic E-state index is 12.9. The van der Waals surface area contributed by atoms with Crippen LogP contribution in [-0.4, -0.2) is 26.5 Å². The number of nitrogens with two attached hydrogens (primary N) is 1. The summed E-state index contributed by atoms with van der Waals surface area (Å²) in [6.45, 7) is -0.338. The Hall–Kier alpha value is -3.36. The van der Waals surface area contributed by atoms with Crippen molar-refractivity contribution in [2.45, 2.75) is 12.2 Å². The molecule has 9 heteroatoms. The van der Waals surface area contributed by atoms with Gasteiger partial charge in [0.1, 0.15) is 5.82 Å². The van der Waals surface area contributed by atoms with Gasteiger partial charge >= 0.3 is 6.18 Å². The van der Waals surface area contributed by atoms with Gasteiger partial charge in [-0.15, -0.1) is 0 Å². The largest absolute Gasteiger partial charge is 0.416 e. The fraction of sp³-hybridized carbons (Fsp3) is 0.130. The van der Waals surface area contributed by atoms with Crippen molar-refractivity contribution >= 4 is 17.4 Å². The second-order valence-electron chi connectivity index (χ2n) is 7.15. The summed E-state index contributed by atoms with van der Waals surface area (Å²) >= 11 is 6.00. The molecule has 0 aliphatic carbocycles. The molecular formula is C23H18ClF3N4O. The lowest BCUT2D eigenvalue weighted by Crippen LogP contribution is -2.15. The molecule has 0 radical (unpaired) electrons. The fourth-order valence-electron chi connectivity index (χ4n) is 3.52. The van der Waals surface area contributed by atoms with Gasteiger partial charge in [-0.25, -0.2) is 4.98 Å². The first kappa shape index (κ1) is 21.9. The van der Waals surface area contributed by atoms with E-state index in [0.29, 0.717) is 22.0 Å². The Labute approximate surface area is 186 Å². The molecule has 1 atom stereocenters. The molecule has 0 saturated heterocycles. The number of aromatic nitrogens is 3. The second-order valence-corrected chi connectivity index (χ2v) is 7.59. The highest BCUT2D eigenvalue weighted by Gasteiger charge is 2.30. The number of pyridine rings is 1. The molecule has 0 saturated carbocycles. The number of nitrogen functional groups attached to an aromatic ring is 1. The minimum Gasteiger partial charge on any atom is -0.394 e. The van der Waals surface area contributed by atoms with E-state index >= 15 is 0 Å². The number of aliphatic hydroxyl groups is 1. The highest BCUT2D eigenvalue weighted by Crippen LogP contribution is 2.36. The zero-order valence-electron chi connectivity index (χ0n) is 16.6. The van der Waals surface area contributed by atoms with Crippen LogP contribution in [0.4, 0.5) is 19.0 Å². The molecule has 5 nitrogen and oxygen atoms in total. The SMILES string of the molecule is Nc1nccc(-c2cnn([C@@H](CO)c3ccc(C(F)(F)F)cc3)c2)c1-c1ccc(Cl)cc1. The molecule has 0 fully saturated rings. The Balaban J connectivity index is 1.71. The average molecular weight is 459 g/mol. The first-order valence-corrected chi connectivity index (χ1v) is 9.98. The zero-order chi connectivity index (χ0) is 22.9. The van der Waals surface area contributed by atoms with Gasteiger partial charge in [0.15, 0.2) is 0 Å². The van der Waals surface area contributed by atoms with Crippen molar-refractivity contribution in [1.82, 2.24) is 14.8 Å². The molecule has 0 unspecified atom stereocenters. The van der Waals surface area contributed by atoms with Crippen LogP contribution in [0.1, 0.15) is 17.2 Å². The standard InChI is InChI=1S/C23H18ClF3N4O/c24-18-7-3-15(4-8-18)21-19(9-10-29-22(21)28)16-11-30-31(12-16)20(13-32)14-1-5-17(6-2-14)23(25,26)27/h1-12,20,32H,13H2,(H2,28,29)/t20-/m0/s1. The van der Waals surface area contributed by atoms with Crippen LogP contribution in [0, 0.1) is 0 Å². The Bertz CT molecular complexity index is 1220. The predicted octanol–water partition coefficient (Wildman–Crippen LogP) is 5.45. The van der Waals surface area contributed by atoms with Crippen molar-refractivity contribution in [1.29, 1.82) is 0 Å². The van der Waals surface area contributed by atoms with Gasteiger partial charge in [-0.05, 0) is 47.0 Å². The molecule has 2 aromatic carbocycles. The quantitative estimate of drug-likeness (QED) is 0.417. The van der Waals surface area contributed by atoms with Crippen LogP contribution in [0.3, 0.4) is 0 Å². The van der Waals surface area contributed by atoms with Gasteiger partial charge in [0.25, 0.3) is 0 Å². The Morgan fingerprint density at radius 3 is 2.31 bits per heavy atom.